The monoisotopic (exact) mass is 536 g/mol. The first-order chi connectivity index (χ1) is 19.0. The van der Waals surface area contributed by atoms with Gasteiger partial charge in [0.2, 0.25) is 5.88 Å². The fraction of sp³-hybridized carbons (Fsp3) is 0.464. The molecular formula is C28H33FN6O4. The molecule has 1 atom stereocenters. The predicted octanol–water partition coefficient (Wildman–Crippen LogP) is 2.74. The average molecular weight is 537 g/mol. The second kappa shape index (κ2) is 10.8. The molecule has 0 aliphatic carbocycles. The van der Waals surface area contributed by atoms with Crippen molar-refractivity contribution in [3.63, 3.8) is 0 Å². The third kappa shape index (κ3) is 4.92. The van der Waals surface area contributed by atoms with E-state index in [2.05, 4.69) is 14.9 Å². The minimum atomic E-state index is -0.701. The summed E-state index contributed by atoms with van der Waals surface area (Å²) in [5.74, 6) is 1.20. The first-order valence-electron chi connectivity index (χ1n) is 13.4. The average Bonchev–Trinajstić information content (AvgIpc) is 3.50. The molecule has 5 heterocycles. The van der Waals surface area contributed by atoms with Gasteiger partial charge in [0, 0.05) is 61.5 Å². The number of halogens is 1. The van der Waals surface area contributed by atoms with Crippen LogP contribution in [0.3, 0.4) is 0 Å². The number of methoxy groups -OCH3 is 1. The number of nitrogens with zero attached hydrogens (tertiary/aromatic N) is 6. The maximum absolute atomic E-state index is 13.3. The Morgan fingerprint density at radius 3 is 2.69 bits per heavy atom. The molecule has 10 nitrogen and oxygen atoms in total. The first-order valence-corrected chi connectivity index (χ1v) is 13.4. The number of rotatable bonds is 8. The molecule has 6 rings (SSSR count). The van der Waals surface area contributed by atoms with Crippen LogP contribution < -0.4 is 20.2 Å². The highest BCUT2D eigenvalue weighted by Crippen LogP contribution is 2.36. The van der Waals surface area contributed by atoms with E-state index < -0.39 is 6.17 Å². The minimum Gasteiger partial charge on any atom is -0.496 e. The van der Waals surface area contributed by atoms with Crippen molar-refractivity contribution in [1.82, 2.24) is 24.1 Å². The Bertz CT molecular complexity index is 1530. The maximum Gasteiger partial charge on any atom is 0.347 e. The zero-order chi connectivity index (χ0) is 26.9. The quantitative estimate of drug-likeness (QED) is 0.318. The van der Waals surface area contributed by atoms with E-state index >= 15 is 0 Å². The lowest BCUT2D eigenvalue weighted by Gasteiger charge is -2.29. The molecule has 0 unspecified atom stereocenters. The molecule has 0 spiro atoms. The number of hydrogen-bond acceptors (Lipinski definition) is 8. The summed E-state index contributed by atoms with van der Waals surface area (Å²) in [6.07, 6.45) is 4.25. The van der Waals surface area contributed by atoms with Crippen LogP contribution in [-0.4, -0.2) is 89.9 Å². The molecule has 2 fully saturated rings. The number of benzene rings is 1. The Labute approximate surface area is 225 Å². The molecule has 2 aliphatic heterocycles. The van der Waals surface area contributed by atoms with Crippen LogP contribution in [0, 0.1) is 0 Å². The third-order valence-electron chi connectivity index (χ3n) is 7.58. The summed E-state index contributed by atoms with van der Waals surface area (Å²) in [6, 6.07) is 7.72. The van der Waals surface area contributed by atoms with Crippen LogP contribution in [-0.2, 0) is 11.8 Å². The number of likely N-dealkylation sites (tertiary alicyclic amines) is 1. The van der Waals surface area contributed by atoms with E-state index in [1.165, 1.54) is 0 Å². The van der Waals surface area contributed by atoms with E-state index in [9.17, 15) is 9.18 Å². The highest BCUT2D eigenvalue weighted by Gasteiger charge is 2.23. The van der Waals surface area contributed by atoms with Crippen LogP contribution in [0.25, 0.3) is 33.1 Å². The van der Waals surface area contributed by atoms with Crippen LogP contribution in [0.2, 0.25) is 0 Å². The lowest BCUT2D eigenvalue weighted by molar-refractivity contribution is 0.111. The largest absolute Gasteiger partial charge is 0.496 e. The molecule has 11 heteroatoms. The molecule has 206 valence electrons. The second-order valence-electron chi connectivity index (χ2n) is 10.1. The molecular weight excluding hydrogens is 503 g/mol. The summed E-state index contributed by atoms with van der Waals surface area (Å²) in [5.41, 5.74) is 3.89. The van der Waals surface area contributed by atoms with Crippen molar-refractivity contribution in [2.75, 3.05) is 64.7 Å². The van der Waals surface area contributed by atoms with Gasteiger partial charge in [0.1, 0.15) is 17.4 Å². The number of alkyl halides is 1. The van der Waals surface area contributed by atoms with Crippen molar-refractivity contribution in [2.45, 2.75) is 19.0 Å². The van der Waals surface area contributed by atoms with Gasteiger partial charge in [-0.15, -0.1) is 0 Å². The molecule has 0 N–H and O–H groups in total. The number of aromatic nitrogens is 4. The molecule has 0 radical (unpaired) electrons. The Morgan fingerprint density at radius 2 is 1.97 bits per heavy atom. The van der Waals surface area contributed by atoms with Crippen LogP contribution in [0.15, 0.2) is 41.5 Å². The first kappa shape index (κ1) is 25.6. The Morgan fingerprint density at radius 1 is 1.13 bits per heavy atom. The molecule has 4 aromatic rings. The summed E-state index contributed by atoms with van der Waals surface area (Å²) in [5, 5.41) is 2.88. The molecule has 3 aromatic heterocycles. The second-order valence-corrected chi connectivity index (χ2v) is 10.1. The summed E-state index contributed by atoms with van der Waals surface area (Å²) in [6.45, 7) is 5.09. The number of morpholine rings is 1. The van der Waals surface area contributed by atoms with Crippen molar-refractivity contribution < 1.29 is 18.6 Å². The third-order valence-corrected chi connectivity index (χ3v) is 7.58. The SMILES string of the molecule is COc1cc2ncc3c(c2cc1-c1ccc(OCCCN2CC[C@@H](F)C2)nc1)n(N1CCOCC1)c(=O)n3C. The van der Waals surface area contributed by atoms with Crippen LogP contribution >= 0.6 is 0 Å². The number of aryl methyl sites for hydroxylation is 1. The van der Waals surface area contributed by atoms with E-state index in [1.807, 2.05) is 29.3 Å². The molecule has 0 bridgehead atoms. The van der Waals surface area contributed by atoms with E-state index in [1.54, 1.807) is 35.8 Å². The Kier molecular flexibility index (Phi) is 7.09. The van der Waals surface area contributed by atoms with Gasteiger partial charge in [0.25, 0.3) is 0 Å². The number of pyridine rings is 2. The van der Waals surface area contributed by atoms with Gasteiger partial charge < -0.3 is 24.1 Å². The number of ether oxygens (including phenoxy) is 3. The van der Waals surface area contributed by atoms with Gasteiger partial charge in [-0.1, -0.05) is 0 Å². The van der Waals surface area contributed by atoms with E-state index in [0.29, 0.717) is 57.5 Å². The van der Waals surface area contributed by atoms with Gasteiger partial charge in [-0.3, -0.25) is 9.55 Å². The van der Waals surface area contributed by atoms with Gasteiger partial charge in [-0.05, 0) is 25.0 Å². The minimum absolute atomic E-state index is 0.115. The van der Waals surface area contributed by atoms with Crippen LogP contribution in [0.5, 0.6) is 11.6 Å². The molecule has 1 aromatic carbocycles. The molecule has 39 heavy (non-hydrogen) atoms. The van der Waals surface area contributed by atoms with Crippen molar-refractivity contribution in [3.8, 4) is 22.8 Å². The Hall–Kier alpha value is -3.70. The highest BCUT2D eigenvalue weighted by molar-refractivity contribution is 6.05. The zero-order valence-electron chi connectivity index (χ0n) is 22.3. The van der Waals surface area contributed by atoms with Gasteiger partial charge in [-0.25, -0.2) is 18.8 Å². The van der Waals surface area contributed by atoms with Gasteiger partial charge in [0.05, 0.1) is 57.3 Å². The van der Waals surface area contributed by atoms with Crippen molar-refractivity contribution in [3.05, 3.63) is 47.1 Å². The summed E-state index contributed by atoms with van der Waals surface area (Å²) in [7, 11) is 3.40. The van der Waals surface area contributed by atoms with Gasteiger partial charge >= 0.3 is 5.69 Å². The zero-order valence-corrected chi connectivity index (χ0v) is 22.3. The standard InChI is InChI=1S/C28H33FN6O4/c1-32-24-17-30-23-15-25(37-2)21(14-22(23)27(24)35(28(32)36)34-9-12-38-13-10-34)19-4-5-26(31-16-19)39-11-3-7-33-8-6-20(29)18-33/h4-5,14-17,20H,3,6-13,18H2,1-2H3/t20-/m1/s1. The summed E-state index contributed by atoms with van der Waals surface area (Å²) >= 11 is 0. The van der Waals surface area contributed by atoms with E-state index in [4.69, 9.17) is 14.2 Å². The maximum atomic E-state index is 13.3. The lowest BCUT2D eigenvalue weighted by Crippen LogP contribution is -2.48. The fourth-order valence-electron chi connectivity index (χ4n) is 5.49. The Balaban J connectivity index is 1.30. The molecule has 0 amide bonds. The fourth-order valence-corrected chi connectivity index (χ4v) is 5.49. The predicted molar refractivity (Wildman–Crippen MR) is 147 cm³/mol. The number of imidazole rings is 1. The van der Waals surface area contributed by atoms with Crippen molar-refractivity contribution >= 4 is 21.9 Å². The summed E-state index contributed by atoms with van der Waals surface area (Å²) in [4.78, 5) is 24.6. The van der Waals surface area contributed by atoms with Crippen molar-refractivity contribution in [2.24, 2.45) is 7.05 Å². The van der Waals surface area contributed by atoms with E-state index in [0.717, 1.165) is 52.6 Å². The van der Waals surface area contributed by atoms with Gasteiger partial charge in [-0.2, -0.15) is 0 Å². The highest BCUT2D eigenvalue weighted by atomic mass is 19.1. The number of hydrogen-bond donors (Lipinski definition) is 0. The number of fused-ring (bicyclic) bond motifs is 3. The molecule has 2 aliphatic rings. The summed E-state index contributed by atoms with van der Waals surface area (Å²) < 4.78 is 33.8. The lowest BCUT2D eigenvalue weighted by atomic mass is 10.0. The topological polar surface area (TPSA) is 86.9 Å². The molecule has 0 saturated carbocycles. The van der Waals surface area contributed by atoms with Crippen molar-refractivity contribution in [1.29, 1.82) is 0 Å². The smallest absolute Gasteiger partial charge is 0.347 e. The molecule has 2 saturated heterocycles. The van der Waals surface area contributed by atoms with Gasteiger partial charge in [0.15, 0.2) is 0 Å². The van der Waals surface area contributed by atoms with E-state index in [-0.39, 0.29) is 5.69 Å². The normalized spacial score (nSPS) is 18.3. The van der Waals surface area contributed by atoms with Crippen LogP contribution in [0.1, 0.15) is 12.8 Å². The van der Waals surface area contributed by atoms with Crippen LogP contribution in [0.4, 0.5) is 4.39 Å².